The van der Waals surface area contributed by atoms with Gasteiger partial charge in [-0.25, -0.2) is 14.3 Å². The molecule has 0 amide bonds. The number of furan rings is 2. The molecule has 1 aliphatic heterocycles. The Balaban J connectivity index is 2.05. The van der Waals surface area contributed by atoms with E-state index in [0.717, 1.165) is 4.31 Å². The summed E-state index contributed by atoms with van der Waals surface area (Å²) in [7, 11) is -2.61. The molecule has 0 radical (unpaired) electrons. The van der Waals surface area contributed by atoms with Crippen LogP contribution in [0, 0.1) is 0 Å². The van der Waals surface area contributed by atoms with Crippen molar-refractivity contribution in [3.63, 3.8) is 0 Å². The molecule has 4 heterocycles. The molecule has 0 aliphatic carbocycles. The van der Waals surface area contributed by atoms with E-state index in [1.165, 1.54) is 19.6 Å². The van der Waals surface area contributed by atoms with E-state index in [9.17, 15) is 8.42 Å². The predicted octanol–water partition coefficient (Wildman–Crippen LogP) is 1.40. The Kier molecular flexibility index (Phi) is 2.97. The first-order valence-corrected chi connectivity index (χ1v) is 8.21. The molecule has 24 heavy (non-hydrogen) atoms. The van der Waals surface area contributed by atoms with Gasteiger partial charge in [-0.15, -0.1) is 4.40 Å². The second-order valence-electron chi connectivity index (χ2n) is 4.97. The van der Waals surface area contributed by atoms with Gasteiger partial charge in [0.15, 0.2) is 28.9 Å². The summed E-state index contributed by atoms with van der Waals surface area (Å²) >= 11 is 0. The maximum Gasteiger partial charge on any atom is 0.347 e. The quantitative estimate of drug-likeness (QED) is 0.743. The first-order chi connectivity index (χ1) is 11.5. The molecule has 10 heteroatoms. The van der Waals surface area contributed by atoms with Gasteiger partial charge in [0.25, 0.3) is 0 Å². The number of rotatable bonds is 2. The Labute approximate surface area is 136 Å². The van der Waals surface area contributed by atoms with E-state index in [2.05, 4.69) is 14.4 Å². The van der Waals surface area contributed by atoms with E-state index in [-0.39, 0.29) is 17.3 Å². The fourth-order valence-electron chi connectivity index (χ4n) is 2.33. The molecule has 0 saturated heterocycles. The van der Waals surface area contributed by atoms with Crippen LogP contribution in [0.1, 0.15) is 5.69 Å². The van der Waals surface area contributed by atoms with Gasteiger partial charge in [0, 0.05) is 7.05 Å². The van der Waals surface area contributed by atoms with Crippen LogP contribution in [0.2, 0.25) is 0 Å². The van der Waals surface area contributed by atoms with Crippen molar-refractivity contribution in [1.29, 1.82) is 0 Å². The molecule has 122 valence electrons. The molecular formula is C14H11N5O4S. The number of nitrogens with zero attached hydrogens (tertiary/aromatic N) is 4. The minimum absolute atomic E-state index is 0.0733. The zero-order valence-corrected chi connectivity index (χ0v) is 13.2. The normalized spacial score (nSPS) is 15.9. The van der Waals surface area contributed by atoms with Gasteiger partial charge < -0.3 is 14.6 Å². The van der Waals surface area contributed by atoms with Crippen LogP contribution in [0.15, 0.2) is 50.0 Å². The predicted molar refractivity (Wildman–Crippen MR) is 85.5 cm³/mol. The Morgan fingerprint density at radius 2 is 1.58 bits per heavy atom. The van der Waals surface area contributed by atoms with Gasteiger partial charge in [0.1, 0.15) is 11.4 Å². The molecule has 3 aromatic heterocycles. The molecule has 4 rings (SSSR count). The molecule has 2 N–H and O–H groups in total. The average molecular weight is 345 g/mol. The van der Waals surface area contributed by atoms with Crippen LogP contribution < -0.4 is 10.0 Å². The number of hydrogen-bond acceptors (Lipinski definition) is 7. The van der Waals surface area contributed by atoms with Crippen LogP contribution in [0.4, 0.5) is 5.82 Å². The number of anilines is 1. The van der Waals surface area contributed by atoms with Crippen LogP contribution in [0.5, 0.6) is 0 Å². The maximum atomic E-state index is 12.0. The molecule has 0 fully saturated rings. The van der Waals surface area contributed by atoms with Crippen molar-refractivity contribution in [3.8, 4) is 22.9 Å². The van der Waals surface area contributed by atoms with Crippen LogP contribution >= 0.6 is 0 Å². The Hall–Kier alpha value is -3.14. The van der Waals surface area contributed by atoms with E-state index in [0.29, 0.717) is 22.9 Å². The molecule has 9 nitrogen and oxygen atoms in total. The first kappa shape index (κ1) is 14.5. The molecule has 3 aromatic rings. The fourth-order valence-corrected chi connectivity index (χ4v) is 3.13. The molecule has 1 aliphatic rings. The summed E-state index contributed by atoms with van der Waals surface area (Å²) in [6, 6.07) is 6.80. The summed E-state index contributed by atoms with van der Waals surface area (Å²) in [5.41, 5.74) is 6.64. The molecule has 0 unspecified atom stereocenters. The second kappa shape index (κ2) is 4.93. The van der Waals surface area contributed by atoms with E-state index in [1.807, 2.05) is 0 Å². The second-order valence-corrected chi connectivity index (χ2v) is 6.60. The van der Waals surface area contributed by atoms with Gasteiger partial charge in [-0.05, 0) is 24.3 Å². The third-order valence-corrected chi connectivity index (χ3v) is 4.78. The monoisotopic (exact) mass is 345 g/mol. The zero-order chi connectivity index (χ0) is 16.9. The molecule has 0 saturated carbocycles. The van der Waals surface area contributed by atoms with Crippen molar-refractivity contribution in [2.75, 3.05) is 11.4 Å². The van der Waals surface area contributed by atoms with Gasteiger partial charge in [-0.3, -0.25) is 0 Å². The largest absolute Gasteiger partial charge is 0.463 e. The Bertz CT molecular complexity index is 1040. The third-order valence-electron chi connectivity index (χ3n) is 3.49. The van der Waals surface area contributed by atoms with Crippen LogP contribution in [0.3, 0.4) is 0 Å². The highest BCUT2D eigenvalue weighted by Crippen LogP contribution is 2.34. The van der Waals surface area contributed by atoms with E-state index >= 15 is 0 Å². The lowest BCUT2D eigenvalue weighted by molar-refractivity contribution is 0.571. The molecule has 0 spiro atoms. The van der Waals surface area contributed by atoms with Crippen molar-refractivity contribution in [2.45, 2.75) is 0 Å². The third kappa shape index (κ3) is 2.07. The van der Waals surface area contributed by atoms with Gasteiger partial charge in [-0.2, -0.15) is 8.42 Å². The average Bonchev–Trinajstić information content (AvgIpc) is 3.24. The number of fused-ring (bicyclic) bond motifs is 1. The summed E-state index contributed by atoms with van der Waals surface area (Å²) in [5.74, 6) is 0.711. The van der Waals surface area contributed by atoms with E-state index in [1.54, 1.807) is 24.3 Å². The number of hydrogen-bond donors (Lipinski definition) is 1. The maximum absolute atomic E-state index is 12.0. The SMILES string of the molecule is CN1c2nc(-c3ccco3)c(-c3ccco3)nc2C(N)=NS1(=O)=O. The Morgan fingerprint density at radius 3 is 2.12 bits per heavy atom. The van der Waals surface area contributed by atoms with Crippen molar-refractivity contribution in [1.82, 2.24) is 9.97 Å². The first-order valence-electron chi connectivity index (χ1n) is 6.82. The lowest BCUT2D eigenvalue weighted by Gasteiger charge is -2.23. The summed E-state index contributed by atoms with van der Waals surface area (Å²) in [6.07, 6.45) is 2.98. The summed E-state index contributed by atoms with van der Waals surface area (Å²) in [6.45, 7) is 0. The van der Waals surface area contributed by atoms with Crippen molar-refractivity contribution < 1.29 is 17.3 Å². The van der Waals surface area contributed by atoms with Crippen LogP contribution in [-0.4, -0.2) is 31.3 Å². The number of amidine groups is 1. The minimum atomic E-state index is -3.94. The molecule has 0 atom stereocenters. The highest BCUT2D eigenvalue weighted by atomic mass is 32.2. The van der Waals surface area contributed by atoms with Crippen molar-refractivity contribution in [3.05, 3.63) is 42.5 Å². The summed E-state index contributed by atoms with van der Waals surface area (Å²) in [4.78, 5) is 8.84. The standard InChI is InChI=1S/C14H11N5O4S/c1-19-14-12(13(15)18-24(19,20)21)16-10(8-4-2-6-22-8)11(17-14)9-5-3-7-23-9/h2-7H,1H3,(H2,15,18). The van der Waals surface area contributed by atoms with Crippen LogP contribution in [-0.2, 0) is 10.2 Å². The Morgan fingerprint density at radius 1 is 1.00 bits per heavy atom. The fraction of sp³-hybridized carbons (Fsp3) is 0.0714. The van der Waals surface area contributed by atoms with Crippen molar-refractivity contribution in [2.24, 2.45) is 10.1 Å². The smallest absolute Gasteiger partial charge is 0.347 e. The van der Waals surface area contributed by atoms with Gasteiger partial charge in [-0.1, -0.05) is 0 Å². The van der Waals surface area contributed by atoms with Gasteiger partial charge in [0.05, 0.1) is 12.5 Å². The highest BCUT2D eigenvalue weighted by Gasteiger charge is 2.32. The molecular weight excluding hydrogens is 334 g/mol. The van der Waals surface area contributed by atoms with Gasteiger partial charge >= 0.3 is 10.2 Å². The number of aromatic nitrogens is 2. The van der Waals surface area contributed by atoms with Crippen LogP contribution in [0.25, 0.3) is 22.9 Å². The topological polar surface area (TPSA) is 128 Å². The summed E-state index contributed by atoms with van der Waals surface area (Å²) < 4.78 is 39.2. The lowest BCUT2D eigenvalue weighted by Crippen LogP contribution is -2.36. The molecule has 0 aromatic carbocycles. The van der Waals surface area contributed by atoms with Gasteiger partial charge in [0.2, 0.25) is 0 Å². The lowest BCUT2D eigenvalue weighted by atomic mass is 10.2. The summed E-state index contributed by atoms with van der Waals surface area (Å²) in [5, 5.41) is 0. The molecule has 0 bridgehead atoms. The van der Waals surface area contributed by atoms with E-state index in [4.69, 9.17) is 14.6 Å². The number of nitrogens with two attached hydrogens (primary N) is 1. The zero-order valence-electron chi connectivity index (χ0n) is 12.4. The minimum Gasteiger partial charge on any atom is -0.463 e. The van der Waals surface area contributed by atoms with E-state index < -0.39 is 10.2 Å². The highest BCUT2D eigenvalue weighted by molar-refractivity contribution is 7.91. The van der Waals surface area contributed by atoms with Crippen molar-refractivity contribution >= 4 is 21.9 Å².